The summed E-state index contributed by atoms with van der Waals surface area (Å²) in [4.78, 5) is 26.2. The minimum Gasteiger partial charge on any atom is -0.309 e. The Balaban J connectivity index is 1.24. The van der Waals surface area contributed by atoms with E-state index >= 15 is 0 Å². The Labute approximate surface area is 307 Å². The number of rotatable bonds is 6. The van der Waals surface area contributed by atoms with E-state index < -0.39 is 0 Å². The van der Waals surface area contributed by atoms with Crippen molar-refractivity contribution in [2.45, 2.75) is 0 Å². The highest BCUT2D eigenvalue weighted by molar-refractivity contribution is 7.26. The molecule has 0 atom stereocenters. The number of hydrogen-bond donors (Lipinski definition) is 0. The standard InChI is InChI=1S/C45H27N5O2S/c51-50(52)32-22-19-28(20-23-32)36-27-31(45-47-43(29-11-3-1-4-12-29)46-44(48-45)30-13-5-2-6-14-30)21-25-38(36)49-37-17-9-7-16-35(37)41-39(49)26-24-34-33-15-8-10-18-40(33)53-42(34)41/h1-27H. The molecule has 0 aliphatic carbocycles. The van der Waals surface area contributed by atoms with Crippen molar-refractivity contribution in [3.8, 4) is 51.0 Å². The number of nitrogens with zero attached hydrogens (tertiary/aromatic N) is 5. The predicted octanol–water partition coefficient (Wildman–Crippen LogP) is 11.9. The van der Waals surface area contributed by atoms with Gasteiger partial charge >= 0.3 is 0 Å². The van der Waals surface area contributed by atoms with Crippen molar-refractivity contribution < 1.29 is 4.92 Å². The van der Waals surface area contributed by atoms with Gasteiger partial charge in [0.15, 0.2) is 17.5 Å². The van der Waals surface area contributed by atoms with Gasteiger partial charge in [0.05, 0.1) is 21.6 Å². The van der Waals surface area contributed by atoms with Crippen molar-refractivity contribution in [3.63, 3.8) is 0 Å². The number of nitro groups is 1. The van der Waals surface area contributed by atoms with E-state index in [0.717, 1.165) is 49.9 Å². The van der Waals surface area contributed by atoms with Gasteiger partial charge < -0.3 is 4.57 Å². The van der Waals surface area contributed by atoms with E-state index in [1.54, 1.807) is 12.1 Å². The van der Waals surface area contributed by atoms with Gasteiger partial charge in [0.25, 0.3) is 5.69 Å². The smallest absolute Gasteiger partial charge is 0.269 e. The number of nitro benzene ring substituents is 1. The largest absolute Gasteiger partial charge is 0.309 e. The topological polar surface area (TPSA) is 86.7 Å². The first-order valence-corrected chi connectivity index (χ1v) is 18.0. The summed E-state index contributed by atoms with van der Waals surface area (Å²) in [5.41, 5.74) is 7.42. The van der Waals surface area contributed by atoms with E-state index in [4.69, 9.17) is 15.0 Å². The first-order valence-electron chi connectivity index (χ1n) is 17.2. The number of aromatic nitrogens is 4. The second-order valence-electron chi connectivity index (χ2n) is 12.9. The number of non-ortho nitro benzene ring substituents is 1. The van der Waals surface area contributed by atoms with Gasteiger partial charge in [-0.15, -0.1) is 11.3 Å². The summed E-state index contributed by atoms with van der Waals surface area (Å²) in [6.45, 7) is 0. The lowest BCUT2D eigenvalue weighted by Crippen LogP contribution is -2.02. The molecule has 0 bridgehead atoms. The molecule has 8 heteroatoms. The van der Waals surface area contributed by atoms with E-state index in [2.05, 4.69) is 83.4 Å². The van der Waals surface area contributed by atoms with Gasteiger partial charge in [0.2, 0.25) is 0 Å². The molecule has 7 aromatic carbocycles. The summed E-state index contributed by atoms with van der Waals surface area (Å²) >= 11 is 1.82. The zero-order valence-electron chi connectivity index (χ0n) is 28.0. The third-order valence-corrected chi connectivity index (χ3v) is 11.0. The van der Waals surface area contributed by atoms with E-state index in [-0.39, 0.29) is 10.6 Å². The third-order valence-electron chi connectivity index (χ3n) is 9.76. The van der Waals surface area contributed by atoms with Crippen molar-refractivity contribution in [3.05, 3.63) is 174 Å². The second kappa shape index (κ2) is 12.3. The maximum Gasteiger partial charge on any atom is 0.269 e. The molecule has 0 aliphatic rings. The van der Waals surface area contributed by atoms with Gasteiger partial charge in [-0.25, -0.2) is 15.0 Å². The molecule has 0 radical (unpaired) electrons. The Morgan fingerprint density at radius 3 is 1.77 bits per heavy atom. The average molecular weight is 702 g/mol. The molecule has 0 amide bonds. The molecule has 0 saturated heterocycles. The molecule has 3 heterocycles. The molecule has 0 fully saturated rings. The molecule has 0 N–H and O–H groups in total. The van der Waals surface area contributed by atoms with Crippen LogP contribution in [0.1, 0.15) is 0 Å². The fourth-order valence-electron chi connectivity index (χ4n) is 7.30. The van der Waals surface area contributed by atoms with E-state index in [1.807, 2.05) is 84.1 Å². The van der Waals surface area contributed by atoms with Gasteiger partial charge in [-0.3, -0.25) is 10.1 Å². The van der Waals surface area contributed by atoms with Crippen molar-refractivity contribution in [1.82, 2.24) is 19.5 Å². The summed E-state index contributed by atoms with van der Waals surface area (Å²) in [5, 5.41) is 16.5. The molecule has 7 nitrogen and oxygen atoms in total. The first-order chi connectivity index (χ1) is 26.1. The zero-order chi connectivity index (χ0) is 35.5. The third kappa shape index (κ3) is 5.15. The SMILES string of the molecule is O=[N+]([O-])c1ccc(-c2cc(-c3nc(-c4ccccc4)nc(-c4ccccc4)n3)ccc2-n2c3ccccc3c3c4sc5ccccc5c4ccc32)cc1. The molecular formula is C45H27N5O2S. The van der Waals surface area contributed by atoms with Gasteiger partial charge in [0.1, 0.15) is 0 Å². The van der Waals surface area contributed by atoms with Gasteiger partial charge in [0, 0.05) is 65.3 Å². The fraction of sp³-hybridized carbons (Fsp3) is 0. The molecule has 53 heavy (non-hydrogen) atoms. The minimum absolute atomic E-state index is 0.0351. The van der Waals surface area contributed by atoms with Crippen molar-refractivity contribution in [2.75, 3.05) is 0 Å². The van der Waals surface area contributed by atoms with Crippen LogP contribution in [0.2, 0.25) is 0 Å². The highest BCUT2D eigenvalue weighted by atomic mass is 32.1. The number of fused-ring (bicyclic) bond motifs is 7. The monoisotopic (exact) mass is 701 g/mol. The molecule has 10 aromatic rings. The van der Waals surface area contributed by atoms with Crippen molar-refractivity contribution in [2.24, 2.45) is 0 Å². The minimum atomic E-state index is -0.370. The van der Waals surface area contributed by atoms with Crippen molar-refractivity contribution >= 4 is 59.0 Å². The van der Waals surface area contributed by atoms with Crippen LogP contribution in [0.3, 0.4) is 0 Å². The van der Waals surface area contributed by atoms with Crippen LogP contribution in [-0.4, -0.2) is 24.4 Å². The molecule has 0 unspecified atom stereocenters. The van der Waals surface area contributed by atoms with Crippen LogP contribution < -0.4 is 0 Å². The van der Waals surface area contributed by atoms with E-state index in [0.29, 0.717) is 17.5 Å². The van der Waals surface area contributed by atoms with Crippen LogP contribution in [0.4, 0.5) is 5.69 Å². The molecule has 3 aromatic heterocycles. The Kier molecular flexibility index (Phi) is 7.16. The normalized spacial score (nSPS) is 11.5. The lowest BCUT2D eigenvalue weighted by molar-refractivity contribution is -0.384. The molecular weight excluding hydrogens is 675 g/mol. The number of para-hydroxylation sites is 1. The van der Waals surface area contributed by atoms with Crippen LogP contribution >= 0.6 is 11.3 Å². The quantitative estimate of drug-likeness (QED) is 0.127. The Hall–Kier alpha value is -7.03. The average Bonchev–Trinajstić information content (AvgIpc) is 3.77. The summed E-state index contributed by atoms with van der Waals surface area (Å²) in [5.74, 6) is 1.68. The van der Waals surface area contributed by atoms with E-state index in [9.17, 15) is 10.1 Å². The highest BCUT2D eigenvalue weighted by Crippen LogP contribution is 2.44. The summed E-state index contributed by atoms with van der Waals surface area (Å²) < 4.78 is 4.82. The van der Waals surface area contributed by atoms with Gasteiger partial charge in [-0.2, -0.15) is 0 Å². The molecule has 250 valence electrons. The Bertz CT molecular complexity index is 2970. The Morgan fingerprint density at radius 1 is 0.509 bits per heavy atom. The summed E-state index contributed by atoms with van der Waals surface area (Å²) in [7, 11) is 0. The van der Waals surface area contributed by atoms with Gasteiger partial charge in [-0.1, -0.05) is 103 Å². The molecule has 10 rings (SSSR count). The molecule has 0 spiro atoms. The maximum absolute atomic E-state index is 11.7. The lowest BCUT2D eigenvalue weighted by Gasteiger charge is -2.16. The fourth-order valence-corrected chi connectivity index (χ4v) is 8.56. The first kappa shape index (κ1) is 30.8. The number of benzene rings is 7. The van der Waals surface area contributed by atoms with E-state index in [1.165, 1.54) is 25.6 Å². The van der Waals surface area contributed by atoms with Crippen LogP contribution in [-0.2, 0) is 0 Å². The summed E-state index contributed by atoms with van der Waals surface area (Å²) in [6, 6.07) is 54.3. The summed E-state index contributed by atoms with van der Waals surface area (Å²) in [6.07, 6.45) is 0. The van der Waals surface area contributed by atoms with Crippen LogP contribution in [0.5, 0.6) is 0 Å². The number of hydrogen-bond acceptors (Lipinski definition) is 6. The second-order valence-corrected chi connectivity index (χ2v) is 13.9. The van der Waals surface area contributed by atoms with Crippen LogP contribution in [0.15, 0.2) is 164 Å². The zero-order valence-corrected chi connectivity index (χ0v) is 28.9. The molecule has 0 saturated carbocycles. The Morgan fingerprint density at radius 2 is 1.09 bits per heavy atom. The highest BCUT2D eigenvalue weighted by Gasteiger charge is 2.21. The predicted molar refractivity (Wildman–Crippen MR) is 215 cm³/mol. The lowest BCUT2D eigenvalue weighted by atomic mass is 9.99. The van der Waals surface area contributed by atoms with Crippen molar-refractivity contribution in [1.29, 1.82) is 0 Å². The van der Waals surface area contributed by atoms with Gasteiger partial charge in [-0.05, 0) is 54.1 Å². The number of thiophene rings is 1. The molecule has 0 aliphatic heterocycles. The van der Waals surface area contributed by atoms with Crippen LogP contribution in [0, 0.1) is 10.1 Å². The van der Waals surface area contributed by atoms with Crippen LogP contribution in [0.25, 0.3) is 93.0 Å². The maximum atomic E-state index is 11.7.